The zero-order valence-electron chi connectivity index (χ0n) is 15.0. The molecule has 0 spiro atoms. The van der Waals surface area contributed by atoms with Crippen molar-refractivity contribution in [3.63, 3.8) is 0 Å². The van der Waals surface area contributed by atoms with Gasteiger partial charge in [-0.1, -0.05) is 5.16 Å². The normalized spacial score (nSPS) is 18.2. The molecule has 10 heteroatoms. The van der Waals surface area contributed by atoms with E-state index >= 15 is 0 Å². The molecule has 1 unspecified atom stereocenters. The predicted octanol–water partition coefficient (Wildman–Crippen LogP) is 1.47. The van der Waals surface area contributed by atoms with Gasteiger partial charge in [0, 0.05) is 43.4 Å². The SMILES string of the molecule is O=S(=O)(CCc1ccncc1)N1CCOC(c2nc(-c3cccnc3)no2)C1. The van der Waals surface area contributed by atoms with Crippen LogP contribution in [0.3, 0.4) is 0 Å². The van der Waals surface area contributed by atoms with Gasteiger partial charge in [0.1, 0.15) is 0 Å². The minimum absolute atomic E-state index is 0.0223. The van der Waals surface area contributed by atoms with Crippen LogP contribution in [0.15, 0.2) is 53.6 Å². The Bertz CT molecular complexity index is 1010. The van der Waals surface area contributed by atoms with Gasteiger partial charge in [0.05, 0.1) is 12.4 Å². The number of morpholine rings is 1. The van der Waals surface area contributed by atoms with E-state index in [9.17, 15) is 8.42 Å². The van der Waals surface area contributed by atoms with E-state index in [4.69, 9.17) is 9.26 Å². The van der Waals surface area contributed by atoms with Crippen LogP contribution in [0.5, 0.6) is 0 Å². The third-order valence-corrected chi connectivity index (χ3v) is 6.30. The highest BCUT2D eigenvalue weighted by Crippen LogP contribution is 2.25. The average Bonchev–Trinajstić information content (AvgIpc) is 3.24. The summed E-state index contributed by atoms with van der Waals surface area (Å²) in [5.41, 5.74) is 1.65. The summed E-state index contributed by atoms with van der Waals surface area (Å²) < 4.78 is 37.9. The van der Waals surface area contributed by atoms with Crippen molar-refractivity contribution in [2.24, 2.45) is 0 Å². The van der Waals surface area contributed by atoms with E-state index in [1.165, 1.54) is 4.31 Å². The number of pyridine rings is 2. The second kappa shape index (κ2) is 8.13. The highest BCUT2D eigenvalue weighted by molar-refractivity contribution is 7.89. The molecule has 1 saturated heterocycles. The van der Waals surface area contributed by atoms with E-state index in [2.05, 4.69) is 20.1 Å². The largest absolute Gasteiger partial charge is 0.366 e. The molecule has 0 bridgehead atoms. The Balaban J connectivity index is 1.43. The van der Waals surface area contributed by atoms with Crippen LogP contribution < -0.4 is 0 Å². The summed E-state index contributed by atoms with van der Waals surface area (Å²) in [7, 11) is -3.43. The third-order valence-electron chi connectivity index (χ3n) is 4.46. The maximum atomic E-state index is 12.7. The zero-order valence-corrected chi connectivity index (χ0v) is 15.8. The van der Waals surface area contributed by atoms with Crippen molar-refractivity contribution in [1.29, 1.82) is 0 Å². The van der Waals surface area contributed by atoms with Crippen LogP contribution in [0.2, 0.25) is 0 Å². The molecule has 1 aliphatic rings. The highest BCUT2D eigenvalue weighted by atomic mass is 32.2. The molecule has 0 saturated carbocycles. The van der Waals surface area contributed by atoms with Crippen molar-refractivity contribution >= 4 is 10.0 Å². The Labute approximate surface area is 162 Å². The van der Waals surface area contributed by atoms with Gasteiger partial charge in [-0.15, -0.1) is 0 Å². The van der Waals surface area contributed by atoms with Crippen LogP contribution in [0.4, 0.5) is 0 Å². The van der Waals surface area contributed by atoms with Crippen molar-refractivity contribution in [1.82, 2.24) is 24.4 Å². The lowest BCUT2D eigenvalue weighted by Crippen LogP contribution is -2.43. The van der Waals surface area contributed by atoms with Gasteiger partial charge in [0.25, 0.3) is 5.89 Å². The van der Waals surface area contributed by atoms with Crippen molar-refractivity contribution in [3.8, 4) is 11.4 Å². The second-order valence-electron chi connectivity index (χ2n) is 6.34. The van der Waals surface area contributed by atoms with Gasteiger partial charge in [-0.25, -0.2) is 8.42 Å². The van der Waals surface area contributed by atoms with E-state index in [1.807, 2.05) is 18.2 Å². The van der Waals surface area contributed by atoms with Gasteiger partial charge >= 0.3 is 0 Å². The fourth-order valence-electron chi connectivity index (χ4n) is 2.93. The molecular weight excluding hydrogens is 382 g/mol. The van der Waals surface area contributed by atoms with Gasteiger partial charge in [0.2, 0.25) is 15.8 Å². The van der Waals surface area contributed by atoms with E-state index < -0.39 is 16.1 Å². The van der Waals surface area contributed by atoms with E-state index in [1.54, 1.807) is 30.9 Å². The molecule has 1 aliphatic heterocycles. The number of aromatic nitrogens is 4. The Hall–Kier alpha value is -2.69. The number of ether oxygens (including phenoxy) is 1. The lowest BCUT2D eigenvalue weighted by atomic mass is 10.2. The van der Waals surface area contributed by atoms with Gasteiger partial charge in [-0.2, -0.15) is 9.29 Å². The average molecular weight is 401 g/mol. The molecule has 0 radical (unpaired) electrons. The van der Waals surface area contributed by atoms with Crippen LogP contribution in [0.25, 0.3) is 11.4 Å². The van der Waals surface area contributed by atoms with Crippen molar-refractivity contribution < 1.29 is 17.7 Å². The summed E-state index contributed by atoms with van der Waals surface area (Å²) in [6.45, 7) is 0.718. The molecule has 4 rings (SSSR count). The Kier molecular flexibility index (Phi) is 5.42. The maximum absolute atomic E-state index is 12.7. The summed E-state index contributed by atoms with van der Waals surface area (Å²) in [5, 5.41) is 3.94. The number of rotatable bonds is 6. The smallest absolute Gasteiger partial charge is 0.257 e. The molecule has 0 aliphatic carbocycles. The second-order valence-corrected chi connectivity index (χ2v) is 8.43. The summed E-state index contributed by atoms with van der Waals surface area (Å²) in [6, 6.07) is 7.23. The van der Waals surface area contributed by atoms with Gasteiger partial charge in [0.15, 0.2) is 6.10 Å². The van der Waals surface area contributed by atoms with Crippen molar-refractivity contribution in [3.05, 3.63) is 60.5 Å². The number of sulfonamides is 1. The molecule has 0 N–H and O–H groups in total. The minimum atomic E-state index is -3.43. The van der Waals surface area contributed by atoms with Gasteiger partial charge in [-0.3, -0.25) is 9.97 Å². The zero-order chi connectivity index (χ0) is 19.4. The third kappa shape index (κ3) is 4.24. The Morgan fingerprint density at radius 1 is 1.14 bits per heavy atom. The number of nitrogens with zero attached hydrogens (tertiary/aromatic N) is 5. The fourth-order valence-corrected chi connectivity index (χ4v) is 4.40. The molecule has 9 nitrogen and oxygen atoms in total. The molecule has 1 fully saturated rings. The van der Waals surface area contributed by atoms with Crippen molar-refractivity contribution in [2.45, 2.75) is 12.5 Å². The topological polar surface area (TPSA) is 111 Å². The van der Waals surface area contributed by atoms with E-state index in [0.29, 0.717) is 18.8 Å². The standard InChI is InChI=1S/C18H19N5O4S/c24-28(25,11-5-14-3-7-19-8-4-14)23-9-10-26-16(13-23)18-21-17(22-27-18)15-2-1-6-20-12-15/h1-4,6-8,12,16H,5,9-11,13H2. The van der Waals surface area contributed by atoms with E-state index in [0.717, 1.165) is 11.1 Å². The number of hydrogen-bond donors (Lipinski definition) is 0. The van der Waals surface area contributed by atoms with Crippen LogP contribution in [-0.2, 0) is 21.2 Å². The first-order valence-corrected chi connectivity index (χ1v) is 10.4. The van der Waals surface area contributed by atoms with Crippen LogP contribution in [0, 0.1) is 0 Å². The van der Waals surface area contributed by atoms with Gasteiger partial charge in [-0.05, 0) is 36.2 Å². The first kappa shape index (κ1) is 18.7. The number of hydrogen-bond acceptors (Lipinski definition) is 8. The first-order valence-electron chi connectivity index (χ1n) is 8.84. The summed E-state index contributed by atoms with van der Waals surface area (Å²) in [6.07, 6.45) is 6.43. The molecule has 3 aromatic rings. The number of aryl methyl sites for hydroxylation is 1. The first-order chi connectivity index (χ1) is 13.6. The maximum Gasteiger partial charge on any atom is 0.257 e. The predicted molar refractivity (Wildman–Crippen MR) is 99.5 cm³/mol. The Morgan fingerprint density at radius 3 is 2.79 bits per heavy atom. The molecule has 0 aromatic carbocycles. The minimum Gasteiger partial charge on any atom is -0.366 e. The van der Waals surface area contributed by atoms with Gasteiger partial charge < -0.3 is 9.26 Å². The van der Waals surface area contributed by atoms with Crippen LogP contribution in [0.1, 0.15) is 17.6 Å². The summed E-state index contributed by atoms with van der Waals surface area (Å²) >= 11 is 0. The van der Waals surface area contributed by atoms with Crippen molar-refractivity contribution in [2.75, 3.05) is 25.4 Å². The highest BCUT2D eigenvalue weighted by Gasteiger charge is 2.33. The summed E-state index contributed by atoms with van der Waals surface area (Å²) in [4.78, 5) is 12.3. The lowest BCUT2D eigenvalue weighted by molar-refractivity contribution is -0.0199. The summed E-state index contributed by atoms with van der Waals surface area (Å²) in [5.74, 6) is 0.673. The molecule has 28 heavy (non-hydrogen) atoms. The molecule has 4 heterocycles. The quantitative estimate of drug-likeness (QED) is 0.610. The van der Waals surface area contributed by atoms with E-state index in [-0.39, 0.29) is 24.8 Å². The molecule has 146 valence electrons. The molecule has 0 amide bonds. The molecule has 3 aromatic heterocycles. The van der Waals surface area contributed by atoms with Crippen LogP contribution in [-0.4, -0.2) is 58.3 Å². The van der Waals surface area contributed by atoms with Crippen LogP contribution >= 0.6 is 0 Å². The monoisotopic (exact) mass is 401 g/mol. The molecular formula is C18H19N5O4S. The Morgan fingerprint density at radius 2 is 2.00 bits per heavy atom. The fraction of sp³-hybridized carbons (Fsp3) is 0.333. The lowest BCUT2D eigenvalue weighted by Gasteiger charge is -2.30. The molecule has 1 atom stereocenters.